The minimum atomic E-state index is -0.476. The van der Waals surface area contributed by atoms with Crippen LogP contribution >= 0.6 is 0 Å². The molecule has 0 bridgehead atoms. The van der Waals surface area contributed by atoms with E-state index in [0.717, 1.165) is 11.3 Å². The van der Waals surface area contributed by atoms with Gasteiger partial charge in [0.05, 0.1) is 0 Å². The van der Waals surface area contributed by atoms with Crippen LogP contribution in [0.2, 0.25) is 0 Å². The molecule has 1 heterocycles. The van der Waals surface area contributed by atoms with E-state index in [1.54, 1.807) is 18.2 Å². The monoisotopic (exact) mass is 381 g/mol. The lowest BCUT2D eigenvalue weighted by Crippen LogP contribution is -2.11. The van der Waals surface area contributed by atoms with Gasteiger partial charge in [-0.3, -0.25) is 4.79 Å². The van der Waals surface area contributed by atoms with E-state index in [1.165, 1.54) is 6.07 Å². The number of carbonyl (C=O) groups excluding carboxylic acids is 1. The number of hydrogen-bond donors (Lipinski definition) is 2. The van der Waals surface area contributed by atoms with E-state index in [0.29, 0.717) is 5.56 Å². The van der Waals surface area contributed by atoms with Crippen molar-refractivity contribution in [2.45, 2.75) is 26.4 Å². The second-order valence-corrected chi connectivity index (χ2v) is 6.13. The maximum Gasteiger partial charge on any atom is 0.306 e. The van der Waals surface area contributed by atoms with E-state index in [1.807, 2.05) is 31.2 Å². The van der Waals surface area contributed by atoms with Crippen LogP contribution < -0.4 is 11.1 Å². The smallest absolute Gasteiger partial charge is 0.306 e. The molecule has 2 aromatic carbocycles. The molecule has 0 atom stereocenters. The molecule has 0 aliphatic carbocycles. The van der Waals surface area contributed by atoms with Crippen molar-refractivity contribution in [2.75, 3.05) is 11.1 Å². The van der Waals surface area contributed by atoms with E-state index in [2.05, 4.69) is 20.3 Å². The van der Waals surface area contributed by atoms with Crippen molar-refractivity contribution in [1.29, 1.82) is 0 Å². The van der Waals surface area contributed by atoms with Gasteiger partial charge in [-0.25, -0.2) is 4.39 Å². The Kier molecular flexibility index (Phi) is 6.11. The van der Waals surface area contributed by atoms with Gasteiger partial charge in [-0.05, 0) is 36.6 Å². The highest BCUT2D eigenvalue weighted by atomic mass is 19.1. The zero-order chi connectivity index (χ0) is 19.9. The maximum absolute atomic E-state index is 13.6. The highest BCUT2D eigenvalue weighted by Crippen LogP contribution is 2.18. The molecular weight excluding hydrogens is 361 g/mol. The van der Waals surface area contributed by atoms with Crippen molar-refractivity contribution in [2.24, 2.45) is 0 Å². The summed E-state index contributed by atoms with van der Waals surface area (Å²) in [6, 6.07) is 14.0. The minimum Gasteiger partial charge on any atom is -0.457 e. The molecule has 144 valence electrons. The fourth-order valence-electron chi connectivity index (χ4n) is 2.55. The van der Waals surface area contributed by atoms with Crippen LogP contribution in [0.3, 0.4) is 0 Å². The van der Waals surface area contributed by atoms with E-state index in [4.69, 9.17) is 10.5 Å². The van der Waals surface area contributed by atoms with Crippen LogP contribution in [0.15, 0.2) is 48.5 Å². The van der Waals surface area contributed by atoms with Crippen LogP contribution in [-0.2, 0) is 22.6 Å². The molecule has 0 saturated carbocycles. The van der Waals surface area contributed by atoms with Gasteiger partial charge in [0.25, 0.3) is 0 Å². The summed E-state index contributed by atoms with van der Waals surface area (Å²) in [5, 5.41) is 3.07. The summed E-state index contributed by atoms with van der Waals surface area (Å²) < 4.78 is 18.8. The van der Waals surface area contributed by atoms with Gasteiger partial charge in [-0.2, -0.15) is 15.0 Å². The number of aromatic nitrogens is 3. The third kappa shape index (κ3) is 5.23. The number of nitrogens with zero attached hydrogens (tertiary/aromatic N) is 3. The van der Waals surface area contributed by atoms with Crippen molar-refractivity contribution in [3.63, 3.8) is 0 Å². The molecule has 7 nitrogen and oxygen atoms in total. The quantitative estimate of drug-likeness (QED) is 0.605. The lowest BCUT2D eigenvalue weighted by molar-refractivity contribution is -0.145. The number of carbonyl (C=O) groups is 1. The number of ether oxygens (including phenoxy) is 1. The van der Waals surface area contributed by atoms with Gasteiger partial charge in [-0.15, -0.1) is 0 Å². The average molecular weight is 381 g/mol. The number of esters is 1. The first kappa shape index (κ1) is 19.2. The number of nitrogen functional groups attached to an aromatic ring is 1. The summed E-state index contributed by atoms with van der Waals surface area (Å²) in [6.45, 7) is 1.80. The predicted molar refractivity (Wildman–Crippen MR) is 103 cm³/mol. The number of benzene rings is 2. The van der Waals surface area contributed by atoms with Gasteiger partial charge in [0.2, 0.25) is 11.9 Å². The van der Waals surface area contributed by atoms with E-state index in [9.17, 15) is 9.18 Å². The van der Waals surface area contributed by atoms with Crippen LogP contribution in [-0.4, -0.2) is 20.9 Å². The van der Waals surface area contributed by atoms with Gasteiger partial charge in [-0.1, -0.05) is 36.4 Å². The molecule has 0 aliphatic rings. The van der Waals surface area contributed by atoms with Crippen LogP contribution in [0.1, 0.15) is 23.4 Å². The van der Waals surface area contributed by atoms with Gasteiger partial charge in [0.15, 0.2) is 12.4 Å². The zero-order valence-corrected chi connectivity index (χ0v) is 15.4. The van der Waals surface area contributed by atoms with Crippen LogP contribution in [0.4, 0.5) is 22.0 Å². The summed E-state index contributed by atoms with van der Waals surface area (Å²) in [7, 11) is 0. The molecule has 0 aliphatic heterocycles. The van der Waals surface area contributed by atoms with Gasteiger partial charge in [0.1, 0.15) is 5.82 Å². The summed E-state index contributed by atoms with van der Waals surface area (Å²) >= 11 is 0. The number of halogens is 1. The van der Waals surface area contributed by atoms with Crippen LogP contribution in [0, 0.1) is 12.7 Å². The van der Waals surface area contributed by atoms with E-state index < -0.39 is 5.97 Å². The summed E-state index contributed by atoms with van der Waals surface area (Å²) in [4.78, 5) is 24.2. The third-order valence-corrected chi connectivity index (χ3v) is 4.01. The van der Waals surface area contributed by atoms with Crippen LogP contribution in [0.5, 0.6) is 0 Å². The molecule has 0 spiro atoms. The molecule has 1 aromatic heterocycles. The molecule has 0 unspecified atom stereocenters. The molecule has 0 amide bonds. The first-order chi connectivity index (χ1) is 13.5. The van der Waals surface area contributed by atoms with Gasteiger partial charge >= 0.3 is 5.97 Å². The topological polar surface area (TPSA) is 103 Å². The number of hydrogen-bond acceptors (Lipinski definition) is 7. The lowest BCUT2D eigenvalue weighted by Gasteiger charge is -2.10. The molecule has 0 radical (unpaired) electrons. The standard InChI is InChI=1S/C20H20FN5O2/c1-13-6-2-5-9-16(13)23-20-25-17(24-19(22)26-20)12-28-18(27)11-10-14-7-3-4-8-15(14)21/h2-9H,10-12H2,1H3,(H3,22,23,24,25,26). The predicted octanol–water partition coefficient (Wildman–Crippen LogP) is 3.32. The molecule has 0 fully saturated rings. The highest BCUT2D eigenvalue weighted by molar-refractivity contribution is 5.69. The molecule has 3 rings (SSSR count). The van der Waals surface area contributed by atoms with Crippen LogP contribution in [0.25, 0.3) is 0 Å². The van der Waals surface area contributed by atoms with E-state index >= 15 is 0 Å². The second-order valence-electron chi connectivity index (χ2n) is 6.13. The Labute approximate surface area is 161 Å². The second kappa shape index (κ2) is 8.90. The molecule has 3 aromatic rings. The van der Waals surface area contributed by atoms with Gasteiger partial charge in [0, 0.05) is 12.1 Å². The largest absolute Gasteiger partial charge is 0.457 e. The highest BCUT2D eigenvalue weighted by Gasteiger charge is 2.10. The number of anilines is 3. The number of rotatable bonds is 7. The van der Waals surface area contributed by atoms with Crippen molar-refractivity contribution in [3.8, 4) is 0 Å². The SMILES string of the molecule is Cc1ccccc1Nc1nc(N)nc(COC(=O)CCc2ccccc2F)n1. The first-order valence-electron chi connectivity index (χ1n) is 8.73. The van der Waals surface area contributed by atoms with Crippen molar-refractivity contribution >= 4 is 23.6 Å². The Hall–Kier alpha value is -3.55. The number of nitrogens with two attached hydrogens (primary N) is 1. The number of para-hydroxylation sites is 1. The Balaban J connectivity index is 1.58. The Bertz CT molecular complexity index is 980. The van der Waals surface area contributed by atoms with Gasteiger partial charge < -0.3 is 15.8 Å². The van der Waals surface area contributed by atoms with Crippen molar-refractivity contribution < 1.29 is 13.9 Å². The lowest BCUT2D eigenvalue weighted by atomic mass is 10.1. The number of nitrogens with one attached hydrogen (secondary N) is 1. The average Bonchev–Trinajstić information content (AvgIpc) is 2.67. The molecular formula is C20H20FN5O2. The first-order valence-corrected chi connectivity index (χ1v) is 8.73. The molecule has 8 heteroatoms. The van der Waals surface area contributed by atoms with Crippen molar-refractivity contribution in [3.05, 3.63) is 71.3 Å². The maximum atomic E-state index is 13.6. The minimum absolute atomic E-state index is 0.0171. The Morgan fingerprint density at radius 3 is 2.64 bits per heavy atom. The Morgan fingerprint density at radius 2 is 1.86 bits per heavy atom. The summed E-state index contributed by atoms with van der Waals surface area (Å²) in [5.74, 6) is -0.311. The molecule has 3 N–H and O–H groups in total. The Morgan fingerprint density at radius 1 is 1.11 bits per heavy atom. The third-order valence-electron chi connectivity index (χ3n) is 4.01. The summed E-state index contributed by atoms with van der Waals surface area (Å²) in [6.07, 6.45) is 0.306. The molecule has 28 heavy (non-hydrogen) atoms. The summed E-state index contributed by atoms with van der Waals surface area (Å²) in [5.41, 5.74) is 8.04. The normalized spacial score (nSPS) is 10.5. The van der Waals surface area contributed by atoms with Crippen molar-refractivity contribution in [1.82, 2.24) is 15.0 Å². The zero-order valence-electron chi connectivity index (χ0n) is 15.4. The fourth-order valence-corrected chi connectivity index (χ4v) is 2.55. The molecule has 0 saturated heterocycles. The number of aryl methyl sites for hydroxylation is 2. The fraction of sp³-hybridized carbons (Fsp3) is 0.200. The van der Waals surface area contributed by atoms with E-state index in [-0.39, 0.29) is 43.0 Å².